The number of methoxy groups -OCH3 is 1. The fourth-order valence-electron chi connectivity index (χ4n) is 3.07. The first-order chi connectivity index (χ1) is 14.9. The first-order valence-corrected chi connectivity index (χ1v) is 10.9. The van der Waals surface area contributed by atoms with E-state index in [0.29, 0.717) is 17.2 Å². The molecule has 0 spiro atoms. The third kappa shape index (κ3) is 7.47. The number of carbonyl (C=O) groups excluding carboxylic acids is 2. The zero-order valence-corrected chi connectivity index (χ0v) is 19.3. The van der Waals surface area contributed by atoms with Gasteiger partial charge in [0.2, 0.25) is 5.91 Å². The van der Waals surface area contributed by atoms with E-state index in [-0.39, 0.29) is 31.0 Å². The van der Waals surface area contributed by atoms with Crippen LogP contribution in [-0.4, -0.2) is 42.5 Å². The van der Waals surface area contributed by atoms with E-state index in [1.165, 1.54) is 0 Å². The van der Waals surface area contributed by atoms with Crippen molar-refractivity contribution >= 4 is 23.4 Å². The summed E-state index contributed by atoms with van der Waals surface area (Å²) in [5, 5.41) is 3.52. The van der Waals surface area contributed by atoms with Crippen molar-refractivity contribution in [3.63, 3.8) is 0 Å². The van der Waals surface area contributed by atoms with E-state index in [1.54, 1.807) is 36.3 Å². The maximum absolute atomic E-state index is 13.2. The Bertz CT molecular complexity index is 857. The molecule has 0 aliphatic rings. The summed E-state index contributed by atoms with van der Waals surface area (Å²) in [6, 6.07) is 13.7. The van der Waals surface area contributed by atoms with Crippen LogP contribution in [0.15, 0.2) is 48.5 Å². The first kappa shape index (κ1) is 24.5. The number of benzene rings is 2. The van der Waals surface area contributed by atoms with E-state index in [9.17, 15) is 9.59 Å². The molecule has 1 N–H and O–H groups in total. The van der Waals surface area contributed by atoms with Gasteiger partial charge in [-0.3, -0.25) is 9.59 Å². The van der Waals surface area contributed by atoms with Crippen molar-refractivity contribution in [1.29, 1.82) is 0 Å². The van der Waals surface area contributed by atoms with Crippen molar-refractivity contribution in [2.75, 3.05) is 13.7 Å². The number of nitrogens with one attached hydrogen (secondary N) is 1. The molecular weight excluding hydrogens is 416 g/mol. The molecule has 2 unspecified atom stereocenters. The first-order valence-electron chi connectivity index (χ1n) is 10.5. The van der Waals surface area contributed by atoms with E-state index in [2.05, 4.69) is 5.32 Å². The van der Waals surface area contributed by atoms with Gasteiger partial charge >= 0.3 is 0 Å². The van der Waals surface area contributed by atoms with Gasteiger partial charge in [0.25, 0.3) is 5.91 Å². The summed E-state index contributed by atoms with van der Waals surface area (Å²) in [6.45, 7) is 5.94. The number of nitrogens with zero attached hydrogens (tertiary/aromatic N) is 1. The van der Waals surface area contributed by atoms with Crippen LogP contribution in [-0.2, 0) is 16.1 Å². The smallest absolute Gasteiger partial charge is 0.261 e. The van der Waals surface area contributed by atoms with Gasteiger partial charge in [0.05, 0.1) is 7.11 Å². The maximum Gasteiger partial charge on any atom is 0.261 e. The SMILES string of the molecule is CCC(C)NC(=O)C(CC)N(Cc1ccc(OC)cc1)C(=O)COc1cccc(Cl)c1. The van der Waals surface area contributed by atoms with Gasteiger partial charge < -0.3 is 19.7 Å². The number of carbonyl (C=O) groups is 2. The number of ether oxygens (including phenoxy) is 2. The number of halogens is 1. The van der Waals surface area contributed by atoms with E-state index >= 15 is 0 Å². The summed E-state index contributed by atoms with van der Waals surface area (Å²) in [7, 11) is 1.60. The molecule has 0 bridgehead atoms. The van der Waals surface area contributed by atoms with Crippen LogP contribution in [0, 0.1) is 0 Å². The molecule has 7 heteroatoms. The number of rotatable bonds is 11. The number of hydrogen-bond acceptors (Lipinski definition) is 4. The van der Waals surface area contributed by atoms with Gasteiger partial charge in [0.1, 0.15) is 17.5 Å². The van der Waals surface area contributed by atoms with Crippen LogP contribution in [0.25, 0.3) is 0 Å². The summed E-state index contributed by atoms with van der Waals surface area (Å²) in [4.78, 5) is 27.6. The zero-order chi connectivity index (χ0) is 22.8. The molecule has 0 radical (unpaired) electrons. The van der Waals surface area contributed by atoms with Crippen LogP contribution in [0.1, 0.15) is 39.2 Å². The van der Waals surface area contributed by atoms with Gasteiger partial charge in [-0.2, -0.15) is 0 Å². The molecule has 31 heavy (non-hydrogen) atoms. The normalized spacial score (nSPS) is 12.5. The van der Waals surface area contributed by atoms with Crippen molar-refractivity contribution in [3.8, 4) is 11.5 Å². The largest absolute Gasteiger partial charge is 0.497 e. The second-order valence-corrected chi connectivity index (χ2v) is 7.79. The summed E-state index contributed by atoms with van der Waals surface area (Å²) in [6.07, 6.45) is 1.30. The summed E-state index contributed by atoms with van der Waals surface area (Å²) >= 11 is 5.99. The second-order valence-electron chi connectivity index (χ2n) is 7.36. The van der Waals surface area contributed by atoms with Crippen molar-refractivity contribution in [1.82, 2.24) is 10.2 Å². The molecule has 0 aliphatic heterocycles. The van der Waals surface area contributed by atoms with Crippen molar-refractivity contribution in [3.05, 3.63) is 59.1 Å². The lowest BCUT2D eigenvalue weighted by Gasteiger charge is -2.31. The average Bonchev–Trinajstić information content (AvgIpc) is 2.77. The van der Waals surface area contributed by atoms with Gasteiger partial charge in [-0.05, 0) is 55.7 Å². The summed E-state index contributed by atoms with van der Waals surface area (Å²) in [5.74, 6) is 0.790. The highest BCUT2D eigenvalue weighted by Gasteiger charge is 2.29. The molecule has 0 heterocycles. The molecule has 2 aromatic carbocycles. The van der Waals surface area contributed by atoms with Crippen LogP contribution in [0.4, 0.5) is 0 Å². The monoisotopic (exact) mass is 446 g/mol. The van der Waals surface area contributed by atoms with Gasteiger partial charge in [-0.1, -0.05) is 43.6 Å². The van der Waals surface area contributed by atoms with Crippen LogP contribution >= 0.6 is 11.6 Å². The standard InChI is InChI=1S/C24H31ClN2O4/c1-5-17(3)26-24(29)22(6-2)27(15-18-10-12-20(30-4)13-11-18)23(28)16-31-21-9-7-8-19(25)14-21/h7-14,17,22H,5-6,15-16H2,1-4H3,(H,26,29). The van der Waals surface area contributed by atoms with Gasteiger partial charge in [0.15, 0.2) is 6.61 Å². The Labute approximate surface area is 189 Å². The predicted molar refractivity (Wildman–Crippen MR) is 122 cm³/mol. The lowest BCUT2D eigenvalue weighted by atomic mass is 10.1. The quantitative estimate of drug-likeness (QED) is 0.553. The lowest BCUT2D eigenvalue weighted by molar-refractivity contribution is -0.143. The molecule has 2 aromatic rings. The van der Waals surface area contributed by atoms with E-state index in [1.807, 2.05) is 45.0 Å². The molecule has 0 aromatic heterocycles. The molecule has 2 atom stereocenters. The Morgan fingerprint density at radius 2 is 1.77 bits per heavy atom. The highest BCUT2D eigenvalue weighted by Crippen LogP contribution is 2.19. The lowest BCUT2D eigenvalue weighted by Crippen LogP contribution is -2.51. The third-order valence-corrected chi connectivity index (χ3v) is 5.29. The second kappa shape index (κ2) is 12.2. The highest BCUT2D eigenvalue weighted by molar-refractivity contribution is 6.30. The molecular formula is C24H31ClN2O4. The van der Waals surface area contributed by atoms with Gasteiger partial charge in [-0.25, -0.2) is 0 Å². The van der Waals surface area contributed by atoms with E-state index < -0.39 is 6.04 Å². The molecule has 2 amide bonds. The molecule has 0 fully saturated rings. The van der Waals surface area contributed by atoms with Gasteiger partial charge in [0, 0.05) is 17.6 Å². The molecule has 0 saturated carbocycles. The van der Waals surface area contributed by atoms with Crippen LogP contribution in [0.2, 0.25) is 5.02 Å². The Balaban J connectivity index is 2.21. The number of amides is 2. The maximum atomic E-state index is 13.2. The summed E-state index contributed by atoms with van der Waals surface area (Å²) in [5.41, 5.74) is 0.895. The zero-order valence-electron chi connectivity index (χ0n) is 18.6. The molecule has 2 rings (SSSR count). The number of hydrogen-bond donors (Lipinski definition) is 1. The fraction of sp³-hybridized carbons (Fsp3) is 0.417. The average molecular weight is 447 g/mol. The third-order valence-electron chi connectivity index (χ3n) is 5.06. The van der Waals surface area contributed by atoms with Crippen LogP contribution < -0.4 is 14.8 Å². The van der Waals surface area contributed by atoms with Crippen molar-refractivity contribution in [2.24, 2.45) is 0 Å². The molecule has 168 valence electrons. The molecule has 0 saturated heterocycles. The van der Waals surface area contributed by atoms with E-state index in [4.69, 9.17) is 21.1 Å². The van der Waals surface area contributed by atoms with Crippen LogP contribution in [0.5, 0.6) is 11.5 Å². The van der Waals surface area contributed by atoms with Crippen molar-refractivity contribution in [2.45, 2.75) is 52.2 Å². The van der Waals surface area contributed by atoms with E-state index in [0.717, 1.165) is 17.7 Å². The van der Waals surface area contributed by atoms with Gasteiger partial charge in [-0.15, -0.1) is 0 Å². The minimum atomic E-state index is -0.605. The predicted octanol–water partition coefficient (Wildman–Crippen LogP) is 4.45. The minimum Gasteiger partial charge on any atom is -0.497 e. The Morgan fingerprint density at radius 1 is 1.06 bits per heavy atom. The Kier molecular flexibility index (Phi) is 9.66. The summed E-state index contributed by atoms with van der Waals surface area (Å²) < 4.78 is 10.9. The molecule has 0 aliphatic carbocycles. The Hall–Kier alpha value is -2.73. The fourth-order valence-corrected chi connectivity index (χ4v) is 3.25. The minimum absolute atomic E-state index is 0.0298. The molecule has 6 nitrogen and oxygen atoms in total. The van der Waals surface area contributed by atoms with Crippen LogP contribution in [0.3, 0.4) is 0 Å². The highest BCUT2D eigenvalue weighted by atomic mass is 35.5. The topological polar surface area (TPSA) is 67.9 Å². The Morgan fingerprint density at radius 3 is 2.35 bits per heavy atom. The van der Waals surface area contributed by atoms with Crippen molar-refractivity contribution < 1.29 is 19.1 Å².